The SMILES string of the molecule is C=Cc1cc(/C(C)=C/C(=C\C=C(C)CC)c2ccc(-c3c4ccccc4c(-c4cccc5ccccc45)c4ccccc34)cc2)ccc1C. The van der Waals surface area contributed by atoms with Crippen molar-refractivity contribution in [3.8, 4) is 22.3 Å². The number of benzene rings is 7. The van der Waals surface area contributed by atoms with Crippen LogP contribution in [0.5, 0.6) is 0 Å². The highest BCUT2D eigenvalue weighted by atomic mass is 14.2. The molecule has 7 aromatic rings. The van der Waals surface area contributed by atoms with Crippen LogP contribution in [0.1, 0.15) is 49.4 Å². The molecular formula is C49H42. The summed E-state index contributed by atoms with van der Waals surface area (Å²) >= 11 is 0. The lowest BCUT2D eigenvalue weighted by Gasteiger charge is -2.19. The van der Waals surface area contributed by atoms with Crippen LogP contribution in [0.15, 0.2) is 164 Å². The van der Waals surface area contributed by atoms with Crippen molar-refractivity contribution in [2.75, 3.05) is 0 Å². The minimum absolute atomic E-state index is 1.03. The van der Waals surface area contributed by atoms with Gasteiger partial charge in [-0.2, -0.15) is 0 Å². The number of rotatable bonds is 8. The van der Waals surface area contributed by atoms with E-state index < -0.39 is 0 Å². The first-order valence-corrected chi connectivity index (χ1v) is 17.3. The lowest BCUT2D eigenvalue weighted by molar-refractivity contribution is 1.10. The second-order valence-corrected chi connectivity index (χ2v) is 13.0. The highest BCUT2D eigenvalue weighted by Crippen LogP contribution is 2.45. The van der Waals surface area contributed by atoms with E-state index >= 15 is 0 Å². The lowest BCUT2D eigenvalue weighted by Crippen LogP contribution is -1.92. The van der Waals surface area contributed by atoms with E-state index in [4.69, 9.17) is 0 Å². The standard InChI is InChI=1S/C49H42/c1-6-33(3)23-25-41(31-35(5)40-26-24-34(4)36(7-2)32-40)37-27-29-39(30-28-37)48-44-18-10-12-20-46(44)49(47-21-13-11-19-45(47)48)43-22-14-16-38-15-8-9-17-42(38)43/h7-32H,2,6H2,1,3-5H3/b33-23?,35-31+,41-25+. The maximum atomic E-state index is 4.02. The molecule has 0 nitrogen and oxygen atoms in total. The average molecular weight is 631 g/mol. The summed E-state index contributed by atoms with van der Waals surface area (Å²) in [6, 6.07) is 49.0. The summed E-state index contributed by atoms with van der Waals surface area (Å²) in [5.74, 6) is 0. The van der Waals surface area contributed by atoms with Gasteiger partial charge in [0.05, 0.1) is 0 Å². The third-order valence-corrected chi connectivity index (χ3v) is 9.93. The summed E-state index contributed by atoms with van der Waals surface area (Å²) in [5.41, 5.74) is 13.7. The van der Waals surface area contributed by atoms with Gasteiger partial charge < -0.3 is 0 Å². The first-order valence-electron chi connectivity index (χ1n) is 17.3. The lowest BCUT2D eigenvalue weighted by atomic mass is 9.84. The fourth-order valence-corrected chi connectivity index (χ4v) is 7.00. The second-order valence-electron chi connectivity index (χ2n) is 13.0. The summed E-state index contributed by atoms with van der Waals surface area (Å²) in [7, 11) is 0. The van der Waals surface area contributed by atoms with Crippen molar-refractivity contribution in [3.63, 3.8) is 0 Å². The molecule has 0 radical (unpaired) electrons. The molecule has 0 heteroatoms. The van der Waals surface area contributed by atoms with Gasteiger partial charge >= 0.3 is 0 Å². The molecule has 0 unspecified atom stereocenters. The van der Waals surface area contributed by atoms with Crippen molar-refractivity contribution in [1.82, 2.24) is 0 Å². The van der Waals surface area contributed by atoms with Crippen LogP contribution >= 0.6 is 0 Å². The minimum atomic E-state index is 1.03. The van der Waals surface area contributed by atoms with Crippen LogP contribution in [-0.4, -0.2) is 0 Å². The molecule has 0 aliphatic carbocycles. The number of allylic oxidation sites excluding steroid dienone is 6. The van der Waals surface area contributed by atoms with Gasteiger partial charge in [0.25, 0.3) is 0 Å². The molecule has 49 heavy (non-hydrogen) atoms. The van der Waals surface area contributed by atoms with Crippen LogP contribution in [0, 0.1) is 6.92 Å². The first kappa shape index (κ1) is 31.9. The fourth-order valence-electron chi connectivity index (χ4n) is 7.00. The molecule has 0 saturated carbocycles. The highest BCUT2D eigenvalue weighted by Gasteiger charge is 2.18. The molecule has 0 aromatic heterocycles. The molecule has 0 bridgehead atoms. The van der Waals surface area contributed by atoms with Gasteiger partial charge in [0.15, 0.2) is 0 Å². The van der Waals surface area contributed by atoms with Crippen LogP contribution in [0.25, 0.3) is 71.8 Å². The topological polar surface area (TPSA) is 0 Å². The maximum absolute atomic E-state index is 4.02. The monoisotopic (exact) mass is 630 g/mol. The molecule has 0 aliphatic heterocycles. The largest absolute Gasteiger partial charge is 0.0985 e. The Kier molecular flexibility index (Phi) is 8.97. The van der Waals surface area contributed by atoms with Crippen molar-refractivity contribution in [2.24, 2.45) is 0 Å². The van der Waals surface area contributed by atoms with Gasteiger partial charge in [-0.05, 0) is 121 Å². The number of hydrogen-bond acceptors (Lipinski definition) is 0. The molecule has 238 valence electrons. The third-order valence-electron chi connectivity index (χ3n) is 9.93. The van der Waals surface area contributed by atoms with Gasteiger partial charge in [-0.15, -0.1) is 0 Å². The Labute approximate surface area is 291 Å². The Morgan fingerprint density at radius 3 is 1.80 bits per heavy atom. The van der Waals surface area contributed by atoms with Gasteiger partial charge in [-0.3, -0.25) is 0 Å². The Bertz CT molecular complexity index is 2380. The molecule has 0 fully saturated rings. The molecule has 0 atom stereocenters. The van der Waals surface area contributed by atoms with E-state index in [9.17, 15) is 0 Å². The molecule has 0 amide bonds. The van der Waals surface area contributed by atoms with E-state index in [1.807, 2.05) is 6.08 Å². The van der Waals surface area contributed by atoms with Crippen LogP contribution < -0.4 is 0 Å². The predicted molar refractivity (Wildman–Crippen MR) is 217 cm³/mol. The predicted octanol–water partition coefficient (Wildman–Crippen LogP) is 14.3. The van der Waals surface area contributed by atoms with E-state index in [1.165, 1.54) is 93.5 Å². The Morgan fingerprint density at radius 1 is 0.592 bits per heavy atom. The van der Waals surface area contributed by atoms with E-state index in [2.05, 4.69) is 186 Å². The zero-order valence-corrected chi connectivity index (χ0v) is 28.9. The van der Waals surface area contributed by atoms with Crippen LogP contribution in [-0.2, 0) is 0 Å². The first-order chi connectivity index (χ1) is 24.0. The van der Waals surface area contributed by atoms with E-state index in [-0.39, 0.29) is 0 Å². The van der Waals surface area contributed by atoms with Gasteiger partial charge in [0, 0.05) is 0 Å². The quantitative estimate of drug-likeness (QED) is 0.116. The number of aryl methyl sites for hydroxylation is 1. The van der Waals surface area contributed by atoms with Crippen LogP contribution in [0.4, 0.5) is 0 Å². The van der Waals surface area contributed by atoms with Gasteiger partial charge in [-0.25, -0.2) is 0 Å². The van der Waals surface area contributed by atoms with Crippen molar-refractivity contribution in [2.45, 2.75) is 34.1 Å². The summed E-state index contributed by atoms with van der Waals surface area (Å²) in [5, 5.41) is 7.61. The number of hydrogen-bond donors (Lipinski definition) is 0. The van der Waals surface area contributed by atoms with Crippen molar-refractivity contribution < 1.29 is 0 Å². The summed E-state index contributed by atoms with van der Waals surface area (Å²) < 4.78 is 0. The van der Waals surface area contributed by atoms with E-state index in [1.54, 1.807) is 0 Å². The molecule has 7 aromatic carbocycles. The van der Waals surface area contributed by atoms with Crippen molar-refractivity contribution in [1.29, 1.82) is 0 Å². The second kappa shape index (κ2) is 13.8. The van der Waals surface area contributed by atoms with Gasteiger partial charge in [0.1, 0.15) is 0 Å². The fraction of sp³-hybridized carbons (Fsp3) is 0.102. The molecule has 0 heterocycles. The van der Waals surface area contributed by atoms with Crippen LogP contribution in [0.3, 0.4) is 0 Å². The molecule has 0 N–H and O–H groups in total. The van der Waals surface area contributed by atoms with Crippen molar-refractivity contribution in [3.05, 3.63) is 186 Å². The molecular weight excluding hydrogens is 589 g/mol. The average Bonchev–Trinajstić information content (AvgIpc) is 3.15. The highest BCUT2D eigenvalue weighted by molar-refractivity contribution is 6.23. The smallest absolute Gasteiger partial charge is 0.00201 e. The Hall–Kier alpha value is -5.72. The zero-order valence-electron chi connectivity index (χ0n) is 28.9. The maximum Gasteiger partial charge on any atom is -0.00201 e. The third kappa shape index (κ3) is 6.19. The zero-order chi connectivity index (χ0) is 33.9. The Morgan fingerprint density at radius 2 is 1.16 bits per heavy atom. The molecule has 7 rings (SSSR count). The van der Waals surface area contributed by atoms with E-state index in [0.717, 1.165) is 6.42 Å². The normalized spacial score (nSPS) is 12.6. The molecule has 0 spiro atoms. The van der Waals surface area contributed by atoms with Crippen molar-refractivity contribution >= 4 is 49.5 Å². The Balaban J connectivity index is 1.39. The summed E-state index contributed by atoms with van der Waals surface area (Å²) in [4.78, 5) is 0. The summed E-state index contributed by atoms with van der Waals surface area (Å²) in [6.07, 6.45) is 9.81. The van der Waals surface area contributed by atoms with Gasteiger partial charge in [0.2, 0.25) is 0 Å². The van der Waals surface area contributed by atoms with E-state index in [0.29, 0.717) is 0 Å². The number of fused-ring (bicyclic) bond motifs is 3. The minimum Gasteiger partial charge on any atom is -0.0985 e. The van der Waals surface area contributed by atoms with Crippen LogP contribution in [0.2, 0.25) is 0 Å². The molecule has 0 saturated heterocycles. The summed E-state index contributed by atoms with van der Waals surface area (Å²) in [6.45, 7) is 12.8. The van der Waals surface area contributed by atoms with Gasteiger partial charge in [-0.1, -0.05) is 171 Å². The molecule has 0 aliphatic rings.